The lowest BCUT2D eigenvalue weighted by molar-refractivity contribution is 0.182. The largest absolute Gasteiger partial charge is 0.324 e. The number of carbonyl (C=O) groups is 1. The molecule has 1 aliphatic rings. The fourth-order valence-corrected chi connectivity index (χ4v) is 2.31. The molecular weight excluding hydrogens is 231 g/mol. The van der Waals surface area contributed by atoms with Crippen LogP contribution in [-0.2, 0) is 0 Å². The third-order valence-corrected chi connectivity index (χ3v) is 3.38. The van der Waals surface area contributed by atoms with Crippen molar-refractivity contribution >= 4 is 11.7 Å². The van der Waals surface area contributed by atoms with Crippen LogP contribution in [0.2, 0.25) is 0 Å². The number of hydrogen-bond acceptors (Lipinski definition) is 1. The highest BCUT2D eigenvalue weighted by atomic mass is 19.1. The normalized spacial score (nSPS) is 19.7. The Morgan fingerprint density at radius 2 is 2.28 bits per heavy atom. The van der Waals surface area contributed by atoms with Crippen molar-refractivity contribution in [2.24, 2.45) is 5.92 Å². The first-order chi connectivity index (χ1) is 8.58. The monoisotopic (exact) mass is 250 g/mol. The number of aryl methyl sites for hydroxylation is 1. The molecule has 1 fully saturated rings. The molecule has 1 unspecified atom stereocenters. The van der Waals surface area contributed by atoms with Gasteiger partial charge < -0.3 is 10.2 Å². The molecular formula is C14H19FN2O. The Labute approximate surface area is 107 Å². The van der Waals surface area contributed by atoms with Gasteiger partial charge in [-0.2, -0.15) is 0 Å². The highest BCUT2D eigenvalue weighted by Gasteiger charge is 2.21. The van der Waals surface area contributed by atoms with Gasteiger partial charge in [-0.1, -0.05) is 19.1 Å². The summed E-state index contributed by atoms with van der Waals surface area (Å²) < 4.78 is 13.8. The van der Waals surface area contributed by atoms with Gasteiger partial charge in [-0.25, -0.2) is 9.18 Å². The van der Waals surface area contributed by atoms with E-state index in [9.17, 15) is 9.18 Å². The number of amides is 2. The van der Waals surface area contributed by atoms with E-state index in [2.05, 4.69) is 12.2 Å². The number of nitrogens with zero attached hydrogens (tertiary/aromatic N) is 1. The Morgan fingerprint density at radius 3 is 3.00 bits per heavy atom. The minimum atomic E-state index is -0.351. The van der Waals surface area contributed by atoms with Gasteiger partial charge in [0, 0.05) is 13.1 Å². The van der Waals surface area contributed by atoms with Crippen molar-refractivity contribution in [3.63, 3.8) is 0 Å². The third-order valence-electron chi connectivity index (χ3n) is 3.38. The molecule has 2 rings (SSSR count). The summed E-state index contributed by atoms with van der Waals surface area (Å²) >= 11 is 0. The fourth-order valence-electron chi connectivity index (χ4n) is 2.31. The van der Waals surface area contributed by atoms with E-state index in [1.807, 2.05) is 0 Å². The molecule has 0 aromatic heterocycles. The van der Waals surface area contributed by atoms with E-state index >= 15 is 0 Å². The number of urea groups is 1. The van der Waals surface area contributed by atoms with E-state index in [1.165, 1.54) is 0 Å². The molecule has 3 nitrogen and oxygen atoms in total. The van der Waals surface area contributed by atoms with Gasteiger partial charge in [-0.05, 0) is 37.3 Å². The first kappa shape index (κ1) is 12.9. The zero-order chi connectivity index (χ0) is 13.1. The van der Waals surface area contributed by atoms with Gasteiger partial charge in [0.25, 0.3) is 0 Å². The lowest BCUT2D eigenvalue weighted by atomic mass is 10.0. The van der Waals surface area contributed by atoms with Crippen LogP contribution in [0.25, 0.3) is 0 Å². The average Bonchev–Trinajstić information content (AvgIpc) is 2.35. The van der Waals surface area contributed by atoms with Gasteiger partial charge >= 0.3 is 6.03 Å². The van der Waals surface area contributed by atoms with Gasteiger partial charge in [0.2, 0.25) is 0 Å². The number of piperidine rings is 1. The van der Waals surface area contributed by atoms with E-state index in [1.54, 1.807) is 30.0 Å². The Kier molecular flexibility index (Phi) is 3.84. The summed E-state index contributed by atoms with van der Waals surface area (Å²) in [6, 6.07) is 4.82. The Morgan fingerprint density at radius 1 is 1.50 bits per heavy atom. The topological polar surface area (TPSA) is 32.3 Å². The van der Waals surface area contributed by atoms with E-state index in [0.29, 0.717) is 11.5 Å². The molecule has 1 heterocycles. The van der Waals surface area contributed by atoms with Crippen LogP contribution >= 0.6 is 0 Å². The highest BCUT2D eigenvalue weighted by Crippen LogP contribution is 2.20. The van der Waals surface area contributed by atoms with Gasteiger partial charge in [0.15, 0.2) is 0 Å². The summed E-state index contributed by atoms with van der Waals surface area (Å²) in [5.41, 5.74) is 0.804. The first-order valence-corrected chi connectivity index (χ1v) is 6.39. The van der Waals surface area contributed by atoms with Crippen LogP contribution in [0.3, 0.4) is 0 Å². The van der Waals surface area contributed by atoms with Crippen LogP contribution < -0.4 is 5.32 Å². The first-order valence-electron chi connectivity index (χ1n) is 6.39. The lowest BCUT2D eigenvalue weighted by Crippen LogP contribution is -2.41. The minimum absolute atomic E-state index is 0.203. The molecule has 1 aliphatic heterocycles. The lowest BCUT2D eigenvalue weighted by Gasteiger charge is -2.31. The number of anilines is 1. The van der Waals surface area contributed by atoms with Crippen molar-refractivity contribution in [2.45, 2.75) is 26.7 Å². The van der Waals surface area contributed by atoms with Crippen molar-refractivity contribution in [1.29, 1.82) is 0 Å². The molecule has 1 atom stereocenters. The third kappa shape index (κ3) is 2.81. The molecule has 1 saturated heterocycles. The number of carbonyl (C=O) groups excluding carboxylic acids is 1. The molecule has 18 heavy (non-hydrogen) atoms. The van der Waals surface area contributed by atoms with Crippen molar-refractivity contribution < 1.29 is 9.18 Å². The van der Waals surface area contributed by atoms with Crippen LogP contribution in [0.4, 0.5) is 14.9 Å². The quantitative estimate of drug-likeness (QED) is 0.814. The number of nitrogens with one attached hydrogen (secondary N) is 1. The van der Waals surface area contributed by atoms with E-state index in [4.69, 9.17) is 0 Å². The van der Waals surface area contributed by atoms with Gasteiger partial charge in [0.05, 0.1) is 5.69 Å². The molecule has 2 amide bonds. The summed E-state index contributed by atoms with van der Waals surface area (Å²) in [6.07, 6.45) is 2.17. The molecule has 0 saturated carbocycles. The summed E-state index contributed by atoms with van der Waals surface area (Å²) in [7, 11) is 0. The van der Waals surface area contributed by atoms with Gasteiger partial charge in [-0.15, -0.1) is 0 Å². The van der Waals surface area contributed by atoms with Gasteiger partial charge in [0.1, 0.15) is 5.82 Å². The molecule has 1 aromatic rings. The van der Waals surface area contributed by atoms with E-state index in [-0.39, 0.29) is 17.5 Å². The van der Waals surface area contributed by atoms with E-state index < -0.39 is 0 Å². The molecule has 0 bridgehead atoms. The zero-order valence-electron chi connectivity index (χ0n) is 10.9. The maximum atomic E-state index is 13.8. The van der Waals surface area contributed by atoms with Crippen LogP contribution in [-0.4, -0.2) is 24.0 Å². The number of halogens is 1. The molecule has 0 radical (unpaired) electrons. The Bertz CT molecular complexity index is 447. The minimum Gasteiger partial charge on any atom is -0.324 e. The molecule has 1 N–H and O–H groups in total. The predicted octanol–water partition coefficient (Wildman–Crippen LogP) is 3.40. The second-order valence-corrected chi connectivity index (χ2v) is 5.06. The fraction of sp³-hybridized carbons (Fsp3) is 0.500. The SMILES string of the molecule is Cc1cccc(NC(=O)N2CCCC(C)C2)c1F. The Hall–Kier alpha value is -1.58. The molecule has 0 spiro atoms. The smallest absolute Gasteiger partial charge is 0.321 e. The standard InChI is InChI=1S/C14H19FN2O/c1-10-5-4-8-17(9-10)14(18)16-12-7-3-6-11(2)13(12)15/h3,6-7,10H,4-5,8-9H2,1-2H3,(H,16,18). The van der Waals surface area contributed by atoms with Crippen LogP contribution in [0.1, 0.15) is 25.3 Å². The second-order valence-electron chi connectivity index (χ2n) is 5.06. The van der Waals surface area contributed by atoms with Crippen LogP contribution in [0, 0.1) is 18.7 Å². The predicted molar refractivity (Wildman–Crippen MR) is 70.1 cm³/mol. The van der Waals surface area contributed by atoms with Crippen molar-refractivity contribution in [3.05, 3.63) is 29.6 Å². The van der Waals surface area contributed by atoms with Crippen molar-refractivity contribution in [3.8, 4) is 0 Å². The van der Waals surface area contributed by atoms with Crippen molar-refractivity contribution in [2.75, 3.05) is 18.4 Å². The second kappa shape index (κ2) is 5.38. The zero-order valence-corrected chi connectivity index (χ0v) is 10.9. The number of likely N-dealkylation sites (tertiary alicyclic amines) is 1. The number of rotatable bonds is 1. The summed E-state index contributed by atoms with van der Waals surface area (Å²) in [6.45, 7) is 5.32. The van der Waals surface area contributed by atoms with Crippen LogP contribution in [0.5, 0.6) is 0 Å². The van der Waals surface area contributed by atoms with E-state index in [0.717, 1.165) is 25.9 Å². The molecule has 4 heteroatoms. The average molecular weight is 250 g/mol. The highest BCUT2D eigenvalue weighted by molar-refractivity contribution is 5.89. The molecule has 1 aromatic carbocycles. The van der Waals surface area contributed by atoms with Crippen LogP contribution in [0.15, 0.2) is 18.2 Å². The van der Waals surface area contributed by atoms with Crippen molar-refractivity contribution in [1.82, 2.24) is 4.90 Å². The Balaban J connectivity index is 2.04. The number of hydrogen-bond donors (Lipinski definition) is 1. The number of benzene rings is 1. The summed E-state index contributed by atoms with van der Waals surface area (Å²) in [4.78, 5) is 13.8. The summed E-state index contributed by atoms with van der Waals surface area (Å²) in [5.74, 6) is 0.169. The maximum absolute atomic E-state index is 13.8. The molecule has 98 valence electrons. The van der Waals surface area contributed by atoms with Gasteiger partial charge in [-0.3, -0.25) is 0 Å². The maximum Gasteiger partial charge on any atom is 0.321 e. The summed E-state index contributed by atoms with van der Waals surface area (Å²) in [5, 5.41) is 2.65. The molecule has 0 aliphatic carbocycles.